The van der Waals surface area contributed by atoms with Gasteiger partial charge in [0.1, 0.15) is 0 Å². The molecule has 0 aromatic heterocycles. The Hall–Kier alpha value is -2.88. The summed E-state index contributed by atoms with van der Waals surface area (Å²) in [6.07, 6.45) is 1.69. The molecule has 0 spiro atoms. The third kappa shape index (κ3) is 2.52. The van der Waals surface area contributed by atoms with E-state index in [0.29, 0.717) is 12.1 Å². The molecule has 0 aliphatic carbocycles. The van der Waals surface area contributed by atoms with Crippen molar-refractivity contribution in [1.29, 1.82) is 0 Å². The highest BCUT2D eigenvalue weighted by molar-refractivity contribution is 6.12. The molecule has 23 heavy (non-hydrogen) atoms. The summed E-state index contributed by atoms with van der Waals surface area (Å²) >= 11 is 0. The van der Waals surface area contributed by atoms with Gasteiger partial charge in [0.15, 0.2) is 0 Å². The lowest BCUT2D eigenvalue weighted by Gasteiger charge is -2.17. The Kier molecular flexibility index (Phi) is 3.74. The van der Waals surface area contributed by atoms with Crippen molar-refractivity contribution in [3.8, 4) is 0 Å². The van der Waals surface area contributed by atoms with Crippen LogP contribution in [0.2, 0.25) is 0 Å². The smallest absolute Gasteiger partial charge is 0.310 e. The van der Waals surface area contributed by atoms with Crippen LogP contribution in [-0.4, -0.2) is 17.0 Å². The fourth-order valence-corrected chi connectivity index (χ4v) is 2.85. The van der Waals surface area contributed by atoms with Gasteiger partial charge >= 0.3 is 5.97 Å². The maximum atomic E-state index is 12.7. The highest BCUT2D eigenvalue weighted by Gasteiger charge is 2.30. The van der Waals surface area contributed by atoms with E-state index >= 15 is 0 Å². The molecule has 0 fully saturated rings. The highest BCUT2D eigenvalue weighted by atomic mass is 16.4. The molecule has 1 unspecified atom stereocenters. The van der Waals surface area contributed by atoms with E-state index in [1.807, 2.05) is 18.2 Å². The van der Waals surface area contributed by atoms with Crippen molar-refractivity contribution in [3.63, 3.8) is 0 Å². The van der Waals surface area contributed by atoms with Crippen LogP contribution in [0.15, 0.2) is 49.0 Å². The Balaban J connectivity index is 1.91. The highest BCUT2D eigenvalue weighted by Crippen LogP contribution is 2.31. The van der Waals surface area contributed by atoms with E-state index in [1.165, 1.54) is 0 Å². The number of carbonyl (C=O) groups excluding carboxylic acids is 1. The second kappa shape index (κ2) is 5.72. The van der Waals surface area contributed by atoms with Gasteiger partial charge in [-0.15, -0.1) is 0 Å². The van der Waals surface area contributed by atoms with Crippen LogP contribution in [0.5, 0.6) is 0 Å². The van der Waals surface area contributed by atoms with Gasteiger partial charge in [-0.2, -0.15) is 0 Å². The molecular formula is C19H17NO3. The number of hydrogen-bond acceptors (Lipinski definition) is 2. The first-order valence-electron chi connectivity index (χ1n) is 7.42. The van der Waals surface area contributed by atoms with Gasteiger partial charge in [0, 0.05) is 5.69 Å². The summed E-state index contributed by atoms with van der Waals surface area (Å²) in [5.74, 6) is -1.48. The number of anilines is 1. The lowest BCUT2D eigenvalue weighted by molar-refractivity contribution is -0.138. The van der Waals surface area contributed by atoms with Crippen LogP contribution in [0.4, 0.5) is 5.69 Å². The lowest BCUT2D eigenvalue weighted by atomic mass is 10.0. The predicted molar refractivity (Wildman–Crippen MR) is 89.5 cm³/mol. The third-order valence-corrected chi connectivity index (χ3v) is 4.27. The van der Waals surface area contributed by atoms with Crippen molar-refractivity contribution in [1.82, 2.24) is 0 Å². The van der Waals surface area contributed by atoms with Gasteiger partial charge in [-0.1, -0.05) is 43.0 Å². The third-order valence-electron chi connectivity index (χ3n) is 4.27. The molecule has 1 atom stereocenters. The molecule has 4 heteroatoms. The monoisotopic (exact) mass is 307 g/mol. The predicted octanol–water partition coefficient (Wildman–Crippen LogP) is 3.68. The molecule has 1 aliphatic rings. The summed E-state index contributed by atoms with van der Waals surface area (Å²) in [5.41, 5.74) is 4.01. The fourth-order valence-electron chi connectivity index (χ4n) is 2.85. The summed E-state index contributed by atoms with van der Waals surface area (Å²) in [6, 6.07) is 12.9. The minimum absolute atomic E-state index is 0.0467. The Morgan fingerprint density at radius 3 is 2.57 bits per heavy atom. The number of nitrogens with zero attached hydrogens (tertiary/aromatic N) is 1. The molecule has 0 saturated heterocycles. The van der Waals surface area contributed by atoms with Gasteiger partial charge in [0.25, 0.3) is 5.91 Å². The number of benzene rings is 2. The van der Waals surface area contributed by atoms with E-state index in [0.717, 1.165) is 22.4 Å². The Morgan fingerprint density at radius 2 is 1.96 bits per heavy atom. The van der Waals surface area contributed by atoms with Crippen molar-refractivity contribution in [2.75, 3.05) is 4.90 Å². The van der Waals surface area contributed by atoms with Gasteiger partial charge in [0.2, 0.25) is 0 Å². The Bertz CT molecular complexity index is 793. The number of hydrogen-bond donors (Lipinski definition) is 1. The topological polar surface area (TPSA) is 57.6 Å². The first kappa shape index (κ1) is 15.0. The first-order chi connectivity index (χ1) is 11.0. The van der Waals surface area contributed by atoms with E-state index in [4.69, 9.17) is 5.11 Å². The SMILES string of the molecule is C=Cc1cccc2c1C(=O)N(c1ccc(C(C)C(=O)O)cc1)C2. The van der Waals surface area contributed by atoms with Crippen LogP contribution in [0.3, 0.4) is 0 Å². The summed E-state index contributed by atoms with van der Waals surface area (Å²) in [7, 11) is 0. The van der Waals surface area contributed by atoms with Gasteiger partial charge in [-0.25, -0.2) is 0 Å². The van der Waals surface area contributed by atoms with E-state index in [-0.39, 0.29) is 5.91 Å². The number of carboxylic acids is 1. The van der Waals surface area contributed by atoms with Crippen molar-refractivity contribution in [2.45, 2.75) is 19.4 Å². The second-order valence-corrected chi connectivity index (χ2v) is 5.63. The van der Waals surface area contributed by atoms with Gasteiger partial charge < -0.3 is 10.0 Å². The summed E-state index contributed by atoms with van der Waals surface area (Å²) in [6.45, 7) is 5.92. The normalized spacial score (nSPS) is 14.5. The van der Waals surface area contributed by atoms with Crippen LogP contribution in [0.25, 0.3) is 6.08 Å². The molecule has 1 heterocycles. The van der Waals surface area contributed by atoms with Crippen LogP contribution < -0.4 is 4.90 Å². The number of amides is 1. The number of carboxylic acid groups (broad SMARTS) is 1. The number of carbonyl (C=O) groups is 2. The van der Waals surface area contributed by atoms with Crippen LogP contribution in [0, 0.1) is 0 Å². The van der Waals surface area contributed by atoms with Crippen LogP contribution >= 0.6 is 0 Å². The molecule has 1 amide bonds. The zero-order valence-corrected chi connectivity index (χ0v) is 12.8. The van der Waals surface area contributed by atoms with E-state index in [9.17, 15) is 9.59 Å². The summed E-state index contributed by atoms with van der Waals surface area (Å²) in [5, 5.41) is 9.06. The number of rotatable bonds is 4. The van der Waals surface area contributed by atoms with E-state index in [1.54, 1.807) is 42.2 Å². The lowest BCUT2D eigenvalue weighted by Crippen LogP contribution is -2.23. The largest absolute Gasteiger partial charge is 0.481 e. The Labute approximate surface area is 134 Å². The Morgan fingerprint density at radius 1 is 1.26 bits per heavy atom. The van der Waals surface area contributed by atoms with Crippen molar-refractivity contribution >= 4 is 23.6 Å². The molecule has 0 bridgehead atoms. The molecule has 1 N–H and O–H groups in total. The quantitative estimate of drug-likeness (QED) is 0.937. The minimum Gasteiger partial charge on any atom is -0.481 e. The van der Waals surface area contributed by atoms with E-state index in [2.05, 4.69) is 6.58 Å². The van der Waals surface area contributed by atoms with Gasteiger partial charge in [-0.3, -0.25) is 9.59 Å². The van der Waals surface area contributed by atoms with Crippen molar-refractivity contribution in [3.05, 3.63) is 71.3 Å². The maximum absolute atomic E-state index is 12.7. The fraction of sp³-hybridized carbons (Fsp3) is 0.158. The van der Waals surface area contributed by atoms with Crippen LogP contribution in [0.1, 0.15) is 39.9 Å². The van der Waals surface area contributed by atoms with Crippen molar-refractivity contribution in [2.24, 2.45) is 0 Å². The molecule has 4 nitrogen and oxygen atoms in total. The molecular weight excluding hydrogens is 290 g/mol. The zero-order chi connectivity index (χ0) is 16.6. The average Bonchev–Trinajstić information content (AvgIpc) is 2.91. The minimum atomic E-state index is -0.863. The molecule has 0 radical (unpaired) electrons. The number of aliphatic carboxylic acids is 1. The first-order valence-corrected chi connectivity index (χ1v) is 7.42. The number of fused-ring (bicyclic) bond motifs is 1. The average molecular weight is 307 g/mol. The second-order valence-electron chi connectivity index (χ2n) is 5.63. The molecule has 1 aliphatic heterocycles. The summed E-state index contributed by atoms with van der Waals surface area (Å²) in [4.78, 5) is 25.4. The molecule has 0 saturated carbocycles. The zero-order valence-electron chi connectivity index (χ0n) is 12.8. The maximum Gasteiger partial charge on any atom is 0.310 e. The molecule has 116 valence electrons. The van der Waals surface area contributed by atoms with Gasteiger partial charge in [-0.05, 0) is 35.7 Å². The molecule has 2 aromatic carbocycles. The standard InChI is InChI=1S/C19H17NO3/c1-3-13-5-4-6-15-11-20(18(21)17(13)15)16-9-7-14(8-10-16)12(2)19(22)23/h3-10,12H,1,11H2,2H3,(H,22,23). The molecule has 3 rings (SSSR count). The van der Waals surface area contributed by atoms with E-state index < -0.39 is 11.9 Å². The summed E-state index contributed by atoms with van der Waals surface area (Å²) < 4.78 is 0. The van der Waals surface area contributed by atoms with Crippen LogP contribution in [-0.2, 0) is 11.3 Å². The van der Waals surface area contributed by atoms with Crippen molar-refractivity contribution < 1.29 is 14.7 Å². The van der Waals surface area contributed by atoms with Gasteiger partial charge in [0.05, 0.1) is 18.0 Å². The molecule has 2 aromatic rings.